The van der Waals surface area contributed by atoms with Gasteiger partial charge in [0.15, 0.2) is 0 Å². The second-order valence-electron chi connectivity index (χ2n) is 7.86. The number of rotatable bonds is 5. The number of nitrogens with two attached hydrogens (primary N) is 1. The number of hydrogen-bond acceptors (Lipinski definition) is 5. The van der Waals surface area contributed by atoms with Gasteiger partial charge < -0.3 is 24.9 Å². The molecule has 1 unspecified atom stereocenters. The molecule has 1 saturated heterocycles. The minimum absolute atomic E-state index is 0.121. The zero-order valence-electron chi connectivity index (χ0n) is 17.5. The van der Waals surface area contributed by atoms with Crippen LogP contribution in [0.5, 0.6) is 0 Å². The zero-order chi connectivity index (χ0) is 22.1. The van der Waals surface area contributed by atoms with Crippen molar-refractivity contribution in [2.45, 2.75) is 6.04 Å². The Morgan fingerprint density at radius 2 is 2.03 bits per heavy atom. The van der Waals surface area contributed by atoms with Gasteiger partial charge in [-0.2, -0.15) is 0 Å². The van der Waals surface area contributed by atoms with Gasteiger partial charge in [-0.15, -0.1) is 0 Å². The first-order valence-electron chi connectivity index (χ1n) is 10.6. The van der Waals surface area contributed by atoms with Crippen molar-refractivity contribution in [2.75, 3.05) is 37.7 Å². The molecule has 3 aromatic heterocycles. The minimum Gasteiger partial charge on any atom is -0.378 e. The average molecular weight is 450 g/mol. The second kappa shape index (κ2) is 8.78. The lowest BCUT2D eigenvalue weighted by molar-refractivity contribution is 0.122. The normalized spacial score (nSPS) is 15.2. The molecule has 164 valence electrons. The number of anilines is 1. The molecule has 4 heterocycles. The van der Waals surface area contributed by atoms with Crippen molar-refractivity contribution in [3.05, 3.63) is 82.0 Å². The lowest BCUT2D eigenvalue weighted by atomic mass is 10.0. The molecule has 0 amide bonds. The van der Waals surface area contributed by atoms with Crippen molar-refractivity contribution in [1.82, 2.24) is 14.5 Å². The molecule has 3 N–H and O–H groups in total. The number of fused-ring (bicyclic) bond motifs is 1. The number of ether oxygens (including phenoxy) is 1. The van der Waals surface area contributed by atoms with Crippen LogP contribution in [0.1, 0.15) is 11.6 Å². The summed E-state index contributed by atoms with van der Waals surface area (Å²) in [6.07, 6.45) is 5.58. The van der Waals surface area contributed by atoms with Crippen LogP contribution in [0.15, 0.2) is 65.8 Å². The summed E-state index contributed by atoms with van der Waals surface area (Å²) in [4.78, 5) is 23.1. The Labute approximate surface area is 190 Å². The van der Waals surface area contributed by atoms with E-state index in [1.165, 1.54) is 0 Å². The monoisotopic (exact) mass is 449 g/mol. The number of hydrogen-bond donors (Lipinski definition) is 2. The Morgan fingerprint density at radius 1 is 1.19 bits per heavy atom. The average Bonchev–Trinajstić information content (AvgIpc) is 3.24. The Kier molecular flexibility index (Phi) is 5.70. The number of aromatic amines is 1. The predicted molar refractivity (Wildman–Crippen MR) is 127 cm³/mol. The maximum atomic E-state index is 13.1. The Hall–Kier alpha value is -3.13. The first-order chi connectivity index (χ1) is 15.6. The summed E-state index contributed by atoms with van der Waals surface area (Å²) in [5, 5.41) is 1.60. The summed E-state index contributed by atoms with van der Waals surface area (Å²) in [6, 6.07) is 12.9. The highest BCUT2D eigenvalue weighted by Gasteiger charge is 2.17. The smallest absolute Gasteiger partial charge is 0.251 e. The minimum atomic E-state index is -0.284. The summed E-state index contributed by atoms with van der Waals surface area (Å²) in [7, 11) is 0. The molecule has 1 aliphatic rings. The standard InChI is InChI=1S/C24H24ClN5O2/c25-18-3-1-2-17(10-18)22(13-26)30-5-4-16(11-23(30)31)21-15-28-24-20(21)12-19(14-27-24)29-6-8-32-9-7-29/h1-5,10-12,14-15,22H,6-9,13,26H2,(H,27,28). The van der Waals surface area contributed by atoms with Crippen molar-refractivity contribution in [1.29, 1.82) is 0 Å². The molecule has 5 rings (SSSR count). The number of H-pyrrole nitrogens is 1. The molecule has 0 aliphatic carbocycles. The number of aromatic nitrogens is 3. The highest BCUT2D eigenvalue weighted by Crippen LogP contribution is 2.30. The van der Waals surface area contributed by atoms with E-state index < -0.39 is 0 Å². The van der Waals surface area contributed by atoms with Gasteiger partial charge in [0, 0.05) is 54.1 Å². The van der Waals surface area contributed by atoms with Crippen LogP contribution in [0.2, 0.25) is 5.02 Å². The number of benzene rings is 1. The molecule has 1 atom stereocenters. The van der Waals surface area contributed by atoms with Crippen LogP contribution in [0.3, 0.4) is 0 Å². The summed E-state index contributed by atoms with van der Waals surface area (Å²) in [5.41, 5.74) is 10.4. The number of halogens is 1. The van der Waals surface area contributed by atoms with Gasteiger partial charge in [0.25, 0.3) is 5.56 Å². The van der Waals surface area contributed by atoms with E-state index in [4.69, 9.17) is 22.1 Å². The van der Waals surface area contributed by atoms with Gasteiger partial charge in [-0.05, 0) is 35.4 Å². The van der Waals surface area contributed by atoms with Gasteiger partial charge >= 0.3 is 0 Å². The molecule has 8 heteroatoms. The van der Waals surface area contributed by atoms with Crippen LogP contribution in [0.25, 0.3) is 22.2 Å². The summed E-state index contributed by atoms with van der Waals surface area (Å²) in [6.45, 7) is 3.40. The second-order valence-corrected chi connectivity index (χ2v) is 8.30. The van der Waals surface area contributed by atoms with Crippen LogP contribution in [-0.2, 0) is 4.74 Å². The van der Waals surface area contributed by atoms with Crippen LogP contribution in [-0.4, -0.2) is 47.4 Å². The lowest BCUT2D eigenvalue weighted by Crippen LogP contribution is -2.36. The van der Waals surface area contributed by atoms with Crippen molar-refractivity contribution in [2.24, 2.45) is 5.73 Å². The summed E-state index contributed by atoms with van der Waals surface area (Å²) in [5.74, 6) is 0. The van der Waals surface area contributed by atoms with E-state index in [-0.39, 0.29) is 11.6 Å². The van der Waals surface area contributed by atoms with E-state index in [2.05, 4.69) is 20.9 Å². The maximum absolute atomic E-state index is 13.1. The van der Waals surface area contributed by atoms with E-state index in [9.17, 15) is 4.79 Å². The molecule has 0 saturated carbocycles. The van der Waals surface area contributed by atoms with Gasteiger partial charge in [0.2, 0.25) is 0 Å². The molecule has 0 spiro atoms. The zero-order valence-corrected chi connectivity index (χ0v) is 18.3. The van der Waals surface area contributed by atoms with Crippen LogP contribution >= 0.6 is 11.6 Å². The highest BCUT2D eigenvalue weighted by atomic mass is 35.5. The number of nitrogens with zero attached hydrogens (tertiary/aromatic N) is 3. The van der Waals surface area contributed by atoms with Crippen molar-refractivity contribution < 1.29 is 4.74 Å². The van der Waals surface area contributed by atoms with Crippen molar-refractivity contribution >= 4 is 28.3 Å². The van der Waals surface area contributed by atoms with Gasteiger partial charge in [0.05, 0.1) is 31.1 Å². The molecule has 32 heavy (non-hydrogen) atoms. The first kappa shape index (κ1) is 20.8. The number of nitrogens with one attached hydrogen (secondary N) is 1. The fraction of sp³-hybridized carbons (Fsp3) is 0.250. The topological polar surface area (TPSA) is 89.2 Å². The van der Waals surface area contributed by atoms with E-state index in [0.29, 0.717) is 24.8 Å². The van der Waals surface area contributed by atoms with Crippen LogP contribution < -0.4 is 16.2 Å². The lowest BCUT2D eigenvalue weighted by Gasteiger charge is -2.28. The highest BCUT2D eigenvalue weighted by molar-refractivity contribution is 6.30. The van der Waals surface area contributed by atoms with Gasteiger partial charge in [-0.25, -0.2) is 4.98 Å². The third-order valence-electron chi connectivity index (χ3n) is 5.94. The molecule has 4 aromatic rings. The van der Waals surface area contributed by atoms with E-state index in [1.807, 2.05) is 36.7 Å². The molecular formula is C24H24ClN5O2. The predicted octanol–water partition coefficient (Wildman–Crippen LogP) is 3.43. The van der Waals surface area contributed by atoms with Gasteiger partial charge in [-0.3, -0.25) is 4.79 Å². The Bertz CT molecular complexity index is 1310. The van der Waals surface area contributed by atoms with Crippen LogP contribution in [0.4, 0.5) is 5.69 Å². The van der Waals surface area contributed by atoms with E-state index in [0.717, 1.165) is 46.5 Å². The van der Waals surface area contributed by atoms with Gasteiger partial charge in [0.1, 0.15) is 5.65 Å². The number of morpholine rings is 1. The molecule has 1 aliphatic heterocycles. The van der Waals surface area contributed by atoms with E-state index >= 15 is 0 Å². The molecule has 1 fully saturated rings. The molecule has 0 radical (unpaired) electrons. The third kappa shape index (κ3) is 3.90. The number of pyridine rings is 2. The van der Waals surface area contributed by atoms with Crippen molar-refractivity contribution in [3.63, 3.8) is 0 Å². The summed E-state index contributed by atoms with van der Waals surface area (Å²) >= 11 is 6.14. The first-order valence-corrected chi connectivity index (χ1v) is 11.0. The Balaban J connectivity index is 1.51. The maximum Gasteiger partial charge on any atom is 0.251 e. The SMILES string of the molecule is NCC(c1cccc(Cl)c1)n1ccc(-c2c[nH]c3ncc(N4CCOCC4)cc23)cc1=O. The molecule has 7 nitrogen and oxygen atoms in total. The fourth-order valence-electron chi connectivity index (χ4n) is 4.26. The Morgan fingerprint density at radius 3 is 2.78 bits per heavy atom. The fourth-order valence-corrected chi connectivity index (χ4v) is 4.46. The van der Waals surface area contributed by atoms with Gasteiger partial charge in [-0.1, -0.05) is 23.7 Å². The third-order valence-corrected chi connectivity index (χ3v) is 6.18. The molecule has 0 bridgehead atoms. The molecular weight excluding hydrogens is 426 g/mol. The van der Waals surface area contributed by atoms with Crippen LogP contribution in [0, 0.1) is 0 Å². The van der Waals surface area contributed by atoms with Crippen molar-refractivity contribution in [3.8, 4) is 11.1 Å². The largest absolute Gasteiger partial charge is 0.378 e. The molecule has 1 aromatic carbocycles. The van der Waals surface area contributed by atoms with E-state index in [1.54, 1.807) is 22.9 Å². The quantitative estimate of drug-likeness (QED) is 0.487. The summed E-state index contributed by atoms with van der Waals surface area (Å²) < 4.78 is 7.11.